The summed E-state index contributed by atoms with van der Waals surface area (Å²) in [6.07, 6.45) is 5.23. The van der Waals surface area contributed by atoms with Crippen LogP contribution in [0.15, 0.2) is 5.38 Å². The Hall–Kier alpha value is -1.47. The second kappa shape index (κ2) is 7.83. The molecule has 2 fully saturated rings. The van der Waals surface area contributed by atoms with Crippen molar-refractivity contribution < 1.29 is 14.3 Å². The monoisotopic (exact) mass is 365 g/mol. The first-order valence-corrected chi connectivity index (χ1v) is 10.0. The molecule has 0 N–H and O–H groups in total. The van der Waals surface area contributed by atoms with Gasteiger partial charge in [0.25, 0.3) is 5.91 Å². The molecule has 2 amide bonds. The lowest BCUT2D eigenvalue weighted by Gasteiger charge is -2.44. The van der Waals surface area contributed by atoms with Gasteiger partial charge in [0, 0.05) is 32.1 Å². The Kier molecular flexibility index (Phi) is 5.74. The van der Waals surface area contributed by atoms with Gasteiger partial charge in [0.2, 0.25) is 5.91 Å². The molecule has 0 aliphatic carbocycles. The van der Waals surface area contributed by atoms with E-state index in [2.05, 4.69) is 11.9 Å². The zero-order valence-corrected chi connectivity index (χ0v) is 15.9. The van der Waals surface area contributed by atoms with E-state index in [9.17, 15) is 9.59 Å². The van der Waals surface area contributed by atoms with Gasteiger partial charge in [0.05, 0.1) is 11.6 Å². The number of aromatic nitrogens is 1. The van der Waals surface area contributed by atoms with Crippen LogP contribution in [-0.4, -0.2) is 65.5 Å². The highest BCUT2D eigenvalue weighted by molar-refractivity contribution is 7.09. The van der Waals surface area contributed by atoms with Gasteiger partial charge < -0.3 is 14.5 Å². The fourth-order valence-corrected chi connectivity index (χ4v) is 4.89. The van der Waals surface area contributed by atoms with Gasteiger partial charge in [-0.1, -0.05) is 6.92 Å². The number of nitrogens with zero attached hydrogens (tertiary/aromatic N) is 3. The van der Waals surface area contributed by atoms with Crippen molar-refractivity contribution in [2.24, 2.45) is 0 Å². The fourth-order valence-electron chi connectivity index (χ4n) is 4.01. The molecule has 2 aliphatic heterocycles. The highest BCUT2D eigenvalue weighted by Gasteiger charge is 2.52. The second-order valence-electron chi connectivity index (χ2n) is 6.86. The summed E-state index contributed by atoms with van der Waals surface area (Å²) in [5, 5.41) is 2.84. The number of piperidine rings is 1. The summed E-state index contributed by atoms with van der Waals surface area (Å²) in [6, 6.07) is 0. The zero-order chi connectivity index (χ0) is 17.9. The van der Waals surface area contributed by atoms with Crippen molar-refractivity contribution in [2.45, 2.75) is 51.0 Å². The molecule has 0 aromatic carbocycles. The summed E-state index contributed by atoms with van der Waals surface area (Å²) in [7, 11) is 1.64. The first kappa shape index (κ1) is 18.3. The third-order valence-electron chi connectivity index (χ3n) is 5.24. The molecule has 3 rings (SSSR count). The lowest BCUT2D eigenvalue weighted by Crippen LogP contribution is -2.61. The first-order chi connectivity index (χ1) is 12.1. The predicted molar refractivity (Wildman–Crippen MR) is 96.8 cm³/mol. The van der Waals surface area contributed by atoms with E-state index >= 15 is 0 Å². The van der Waals surface area contributed by atoms with Gasteiger partial charge in [-0.2, -0.15) is 0 Å². The largest absolute Gasteiger partial charge is 0.383 e. The van der Waals surface area contributed by atoms with Gasteiger partial charge in [0.15, 0.2) is 0 Å². The molecule has 6 nitrogen and oxygen atoms in total. The van der Waals surface area contributed by atoms with Crippen molar-refractivity contribution in [2.75, 3.05) is 33.4 Å². The predicted octanol–water partition coefficient (Wildman–Crippen LogP) is 2.34. The normalized spacial score (nSPS) is 23.7. The van der Waals surface area contributed by atoms with Crippen LogP contribution in [0.2, 0.25) is 0 Å². The van der Waals surface area contributed by atoms with Crippen molar-refractivity contribution in [1.82, 2.24) is 14.8 Å². The molecule has 3 heterocycles. The summed E-state index contributed by atoms with van der Waals surface area (Å²) >= 11 is 1.54. The van der Waals surface area contributed by atoms with E-state index in [1.807, 2.05) is 10.3 Å². The van der Waals surface area contributed by atoms with Crippen molar-refractivity contribution in [3.63, 3.8) is 0 Å². The van der Waals surface area contributed by atoms with E-state index in [4.69, 9.17) is 4.74 Å². The third kappa shape index (κ3) is 3.44. The van der Waals surface area contributed by atoms with Gasteiger partial charge in [-0.15, -0.1) is 11.3 Å². The van der Waals surface area contributed by atoms with Crippen LogP contribution in [0.5, 0.6) is 0 Å². The van der Waals surface area contributed by atoms with Crippen LogP contribution < -0.4 is 0 Å². The molecule has 1 aromatic rings. The van der Waals surface area contributed by atoms with E-state index in [0.29, 0.717) is 25.4 Å². The van der Waals surface area contributed by atoms with Crippen molar-refractivity contribution in [1.29, 1.82) is 0 Å². The minimum atomic E-state index is -0.669. The second-order valence-corrected chi connectivity index (χ2v) is 7.80. The number of amides is 2. The Labute approximate surface area is 153 Å². The van der Waals surface area contributed by atoms with Gasteiger partial charge in [0.1, 0.15) is 11.2 Å². The van der Waals surface area contributed by atoms with Crippen molar-refractivity contribution in [3.8, 4) is 0 Å². The lowest BCUT2D eigenvalue weighted by molar-refractivity contribution is -0.146. The van der Waals surface area contributed by atoms with E-state index in [-0.39, 0.29) is 11.8 Å². The average Bonchev–Trinajstić information content (AvgIpc) is 3.24. The molecule has 2 saturated heterocycles. The highest BCUT2D eigenvalue weighted by atomic mass is 32.1. The van der Waals surface area contributed by atoms with Crippen LogP contribution >= 0.6 is 11.3 Å². The van der Waals surface area contributed by atoms with Crippen molar-refractivity contribution in [3.05, 3.63) is 16.1 Å². The van der Waals surface area contributed by atoms with Crippen LogP contribution in [0, 0.1) is 0 Å². The summed E-state index contributed by atoms with van der Waals surface area (Å²) in [6.45, 7) is 4.62. The van der Waals surface area contributed by atoms with Crippen LogP contribution in [0.25, 0.3) is 0 Å². The smallest absolute Gasteiger partial charge is 0.274 e. The minimum absolute atomic E-state index is 0.0851. The molecule has 1 unspecified atom stereocenters. The zero-order valence-electron chi connectivity index (χ0n) is 15.1. The molecular weight excluding hydrogens is 338 g/mol. The SMILES string of the molecule is CCCc1nc(C(=O)N2CCCC23CCCN(CCOC)C3=O)cs1. The third-order valence-corrected chi connectivity index (χ3v) is 6.15. The first-order valence-electron chi connectivity index (χ1n) is 9.17. The standard InChI is InChI=1S/C18H27N3O3S/c1-3-6-15-19-14(13-25-15)16(22)21-10-5-8-18(21)7-4-9-20(17(18)23)11-12-24-2/h13H,3-12H2,1-2H3. The maximum Gasteiger partial charge on any atom is 0.274 e. The van der Waals surface area contributed by atoms with Crippen LogP contribution in [0.3, 0.4) is 0 Å². The Morgan fingerprint density at radius 2 is 2.12 bits per heavy atom. The number of hydrogen-bond acceptors (Lipinski definition) is 5. The summed E-state index contributed by atoms with van der Waals surface area (Å²) in [5.74, 6) is 0.00343. The maximum atomic E-state index is 13.2. The molecule has 0 radical (unpaired) electrons. The molecule has 1 atom stereocenters. The Morgan fingerprint density at radius 1 is 1.36 bits per heavy atom. The van der Waals surface area contributed by atoms with Gasteiger partial charge in [-0.05, 0) is 38.5 Å². The Bertz CT molecular complexity index is 633. The molecule has 25 heavy (non-hydrogen) atoms. The lowest BCUT2D eigenvalue weighted by atomic mass is 9.85. The molecule has 0 bridgehead atoms. The molecule has 2 aliphatic rings. The molecular formula is C18H27N3O3S. The van der Waals surface area contributed by atoms with E-state index < -0.39 is 5.54 Å². The number of likely N-dealkylation sites (tertiary alicyclic amines) is 2. The quantitative estimate of drug-likeness (QED) is 0.776. The fraction of sp³-hybridized carbons (Fsp3) is 0.722. The van der Waals surface area contributed by atoms with Crippen LogP contribution in [0.1, 0.15) is 54.5 Å². The van der Waals surface area contributed by atoms with E-state index in [1.54, 1.807) is 12.0 Å². The average molecular weight is 365 g/mol. The number of rotatable bonds is 6. The molecule has 7 heteroatoms. The van der Waals surface area contributed by atoms with Crippen LogP contribution in [-0.2, 0) is 16.0 Å². The van der Waals surface area contributed by atoms with Gasteiger partial charge in [-0.3, -0.25) is 9.59 Å². The van der Waals surface area contributed by atoms with E-state index in [1.165, 1.54) is 11.3 Å². The number of hydrogen-bond donors (Lipinski definition) is 0. The molecule has 0 saturated carbocycles. The number of methoxy groups -OCH3 is 1. The van der Waals surface area contributed by atoms with Gasteiger partial charge in [-0.25, -0.2) is 4.98 Å². The highest BCUT2D eigenvalue weighted by Crippen LogP contribution is 2.39. The molecule has 1 aromatic heterocycles. The van der Waals surface area contributed by atoms with Gasteiger partial charge >= 0.3 is 0 Å². The summed E-state index contributed by atoms with van der Waals surface area (Å²) < 4.78 is 5.13. The number of carbonyl (C=O) groups is 2. The topological polar surface area (TPSA) is 62.7 Å². The number of ether oxygens (including phenoxy) is 1. The number of thiazole rings is 1. The molecule has 1 spiro atoms. The maximum absolute atomic E-state index is 13.2. The van der Waals surface area contributed by atoms with E-state index in [0.717, 1.165) is 50.1 Å². The Morgan fingerprint density at radius 3 is 2.84 bits per heavy atom. The Balaban J connectivity index is 1.80. The van der Waals surface area contributed by atoms with Crippen LogP contribution in [0.4, 0.5) is 0 Å². The minimum Gasteiger partial charge on any atom is -0.383 e. The number of aryl methyl sites for hydroxylation is 1. The summed E-state index contributed by atoms with van der Waals surface area (Å²) in [4.78, 5) is 34.4. The van der Waals surface area contributed by atoms with Crippen molar-refractivity contribution >= 4 is 23.2 Å². The number of carbonyl (C=O) groups excluding carboxylic acids is 2. The summed E-state index contributed by atoms with van der Waals surface area (Å²) in [5.41, 5.74) is -0.172. The molecule has 138 valence electrons.